The van der Waals surface area contributed by atoms with Crippen LogP contribution >= 0.6 is 0 Å². The van der Waals surface area contributed by atoms with Crippen LogP contribution in [0.5, 0.6) is 0 Å². The highest BCUT2D eigenvalue weighted by molar-refractivity contribution is 7.89. The molecule has 10 nitrogen and oxygen atoms in total. The van der Waals surface area contributed by atoms with Crippen LogP contribution in [0.25, 0.3) is 11.0 Å². The first kappa shape index (κ1) is 24.1. The number of aliphatic hydroxyl groups is 1. The lowest BCUT2D eigenvalue weighted by atomic mass is 10.2. The van der Waals surface area contributed by atoms with Crippen molar-refractivity contribution in [2.45, 2.75) is 25.0 Å². The van der Waals surface area contributed by atoms with Gasteiger partial charge in [-0.3, -0.25) is 0 Å². The molecular formula is C23H28N4O6S. The minimum absolute atomic E-state index is 0.0623. The van der Waals surface area contributed by atoms with Crippen molar-refractivity contribution in [3.05, 3.63) is 53.9 Å². The number of aryl methyl sites for hydroxylation is 1. The first-order valence-corrected chi connectivity index (χ1v) is 12.6. The minimum Gasteiger partial charge on any atom is -0.454 e. The Morgan fingerprint density at radius 3 is 2.71 bits per heavy atom. The number of anilines is 1. The second-order valence-electron chi connectivity index (χ2n) is 7.71. The summed E-state index contributed by atoms with van der Waals surface area (Å²) in [6, 6.07) is 11.8. The Morgan fingerprint density at radius 1 is 1.21 bits per heavy atom. The lowest BCUT2D eigenvalue weighted by Gasteiger charge is -2.26. The molecule has 0 radical (unpaired) electrons. The number of aromatic nitrogens is 2. The van der Waals surface area contributed by atoms with Crippen molar-refractivity contribution in [2.75, 3.05) is 44.8 Å². The van der Waals surface area contributed by atoms with Crippen LogP contribution in [-0.4, -0.2) is 72.8 Å². The predicted octanol–water partition coefficient (Wildman–Crippen LogP) is 1.84. The van der Waals surface area contributed by atoms with E-state index in [1.54, 1.807) is 42.5 Å². The third-order valence-electron chi connectivity index (χ3n) is 5.63. The highest BCUT2D eigenvalue weighted by atomic mass is 32.2. The first-order valence-electron chi connectivity index (χ1n) is 11.1. The van der Waals surface area contributed by atoms with E-state index in [1.165, 1.54) is 4.31 Å². The number of rotatable bonds is 9. The number of imidazole rings is 1. The van der Waals surface area contributed by atoms with Crippen molar-refractivity contribution in [1.29, 1.82) is 0 Å². The molecule has 1 aromatic heterocycles. The molecule has 182 valence electrons. The van der Waals surface area contributed by atoms with Crippen LogP contribution in [0.4, 0.5) is 5.69 Å². The van der Waals surface area contributed by atoms with Gasteiger partial charge in [-0.1, -0.05) is 12.1 Å². The number of esters is 1. The molecular weight excluding hydrogens is 460 g/mol. The van der Waals surface area contributed by atoms with Crippen LogP contribution in [0.1, 0.15) is 23.1 Å². The van der Waals surface area contributed by atoms with Crippen molar-refractivity contribution in [3.63, 3.8) is 0 Å². The molecule has 0 saturated carbocycles. The fourth-order valence-electron chi connectivity index (χ4n) is 3.93. The fraction of sp³-hybridized carbons (Fsp3) is 0.391. The molecule has 0 unspecified atom stereocenters. The van der Waals surface area contributed by atoms with Gasteiger partial charge in [0, 0.05) is 31.9 Å². The molecule has 1 fully saturated rings. The Labute approximate surface area is 198 Å². The van der Waals surface area contributed by atoms with Crippen LogP contribution < -0.4 is 5.32 Å². The smallest absolute Gasteiger partial charge is 0.340 e. The monoisotopic (exact) mass is 488 g/mol. The zero-order valence-electron chi connectivity index (χ0n) is 18.9. The van der Waals surface area contributed by atoms with Gasteiger partial charge < -0.3 is 24.5 Å². The number of aliphatic hydroxyl groups excluding tert-OH is 1. The molecule has 2 heterocycles. The van der Waals surface area contributed by atoms with Gasteiger partial charge in [-0.2, -0.15) is 4.31 Å². The molecule has 34 heavy (non-hydrogen) atoms. The first-order chi connectivity index (χ1) is 16.5. The van der Waals surface area contributed by atoms with E-state index in [2.05, 4.69) is 10.3 Å². The van der Waals surface area contributed by atoms with Crippen LogP contribution in [0.3, 0.4) is 0 Å². The fourth-order valence-corrected chi connectivity index (χ4v) is 5.36. The summed E-state index contributed by atoms with van der Waals surface area (Å²) in [6.45, 7) is 4.09. The largest absolute Gasteiger partial charge is 0.454 e. The molecule has 0 spiro atoms. The summed E-state index contributed by atoms with van der Waals surface area (Å²) in [4.78, 5) is 17.5. The van der Waals surface area contributed by atoms with Crippen LogP contribution in [0.2, 0.25) is 0 Å². The van der Waals surface area contributed by atoms with E-state index in [4.69, 9.17) is 14.6 Å². The van der Waals surface area contributed by atoms with Gasteiger partial charge in [0.2, 0.25) is 10.0 Å². The Balaban J connectivity index is 1.56. The van der Waals surface area contributed by atoms with E-state index in [0.29, 0.717) is 62.0 Å². The molecule has 1 saturated heterocycles. The molecule has 0 aliphatic carbocycles. The van der Waals surface area contributed by atoms with E-state index in [-0.39, 0.29) is 18.1 Å². The van der Waals surface area contributed by atoms with Crippen molar-refractivity contribution >= 4 is 32.7 Å². The number of morpholine rings is 1. The average Bonchev–Trinajstić information content (AvgIpc) is 3.23. The number of carbonyl (C=O) groups excluding carboxylic acids is 1. The predicted molar refractivity (Wildman–Crippen MR) is 126 cm³/mol. The van der Waals surface area contributed by atoms with Gasteiger partial charge in [0.1, 0.15) is 12.4 Å². The number of hydrogen-bond donors (Lipinski definition) is 2. The zero-order chi connectivity index (χ0) is 24.1. The van der Waals surface area contributed by atoms with Crippen LogP contribution in [-0.2, 0) is 32.6 Å². The molecule has 0 amide bonds. The van der Waals surface area contributed by atoms with Crippen LogP contribution in [0.15, 0.2) is 47.4 Å². The number of para-hydroxylation sites is 1. The third kappa shape index (κ3) is 4.92. The lowest BCUT2D eigenvalue weighted by Crippen LogP contribution is -2.40. The van der Waals surface area contributed by atoms with E-state index in [0.717, 1.165) is 5.52 Å². The highest BCUT2D eigenvalue weighted by Crippen LogP contribution is 2.24. The highest BCUT2D eigenvalue weighted by Gasteiger charge is 2.27. The molecule has 4 rings (SSSR count). The summed E-state index contributed by atoms with van der Waals surface area (Å²) in [6.07, 6.45) is 0. The number of nitrogens with one attached hydrogen (secondary N) is 1. The standard InChI is InChI=1S/C23H28N4O6S/c1-2-27-21-8-7-17(34(30,31)26-10-13-32-14-11-26)15-20(21)25-22(27)16-33-23(29)18-5-3-4-6-19(18)24-9-12-28/h3-8,15,24,28H,2,9-14,16H2,1H3. The van der Waals surface area contributed by atoms with E-state index in [9.17, 15) is 13.2 Å². The summed E-state index contributed by atoms with van der Waals surface area (Å²) in [5, 5.41) is 12.0. The Bertz CT molecular complexity index is 1270. The summed E-state index contributed by atoms with van der Waals surface area (Å²) in [7, 11) is -3.64. The number of carbonyl (C=O) groups is 1. The van der Waals surface area contributed by atoms with Gasteiger partial charge in [-0.25, -0.2) is 18.2 Å². The van der Waals surface area contributed by atoms with E-state index in [1.807, 2.05) is 11.5 Å². The Hall–Kier alpha value is -2.99. The van der Waals surface area contributed by atoms with Crippen LogP contribution in [0, 0.1) is 0 Å². The summed E-state index contributed by atoms with van der Waals surface area (Å²) in [5.41, 5.74) is 2.21. The third-order valence-corrected chi connectivity index (χ3v) is 7.52. The maximum absolute atomic E-state index is 13.0. The van der Waals surface area contributed by atoms with Gasteiger partial charge in [-0.05, 0) is 37.3 Å². The van der Waals surface area contributed by atoms with Crippen molar-refractivity contribution in [3.8, 4) is 0 Å². The quantitative estimate of drug-likeness (QED) is 0.438. The van der Waals surface area contributed by atoms with Gasteiger partial charge >= 0.3 is 5.97 Å². The number of nitrogens with zero attached hydrogens (tertiary/aromatic N) is 3. The van der Waals surface area contributed by atoms with Crippen molar-refractivity contribution in [2.24, 2.45) is 0 Å². The van der Waals surface area contributed by atoms with Gasteiger partial charge in [-0.15, -0.1) is 0 Å². The topological polar surface area (TPSA) is 123 Å². The van der Waals surface area contributed by atoms with Gasteiger partial charge in [0.15, 0.2) is 0 Å². The number of hydrogen-bond acceptors (Lipinski definition) is 8. The summed E-state index contributed by atoms with van der Waals surface area (Å²) in [5.74, 6) is -0.00102. The molecule has 0 bridgehead atoms. The number of sulfonamides is 1. The Morgan fingerprint density at radius 2 is 1.97 bits per heavy atom. The molecule has 2 N–H and O–H groups in total. The average molecular weight is 489 g/mol. The minimum atomic E-state index is -3.64. The van der Waals surface area contributed by atoms with Gasteiger partial charge in [0.05, 0.1) is 41.3 Å². The normalized spacial score (nSPS) is 14.9. The SMILES string of the molecule is CCn1c(COC(=O)c2ccccc2NCCO)nc2cc(S(=O)(=O)N3CCOCC3)ccc21. The van der Waals surface area contributed by atoms with Crippen molar-refractivity contribution < 1.29 is 27.8 Å². The zero-order valence-corrected chi connectivity index (χ0v) is 19.8. The lowest BCUT2D eigenvalue weighted by molar-refractivity contribution is 0.0460. The van der Waals surface area contributed by atoms with E-state index >= 15 is 0 Å². The number of fused-ring (bicyclic) bond motifs is 1. The maximum Gasteiger partial charge on any atom is 0.340 e. The molecule has 11 heteroatoms. The maximum atomic E-state index is 13.0. The Kier molecular flexibility index (Phi) is 7.47. The number of ether oxygens (including phenoxy) is 2. The second-order valence-corrected chi connectivity index (χ2v) is 9.65. The summed E-state index contributed by atoms with van der Waals surface area (Å²) >= 11 is 0. The number of benzene rings is 2. The molecule has 0 atom stereocenters. The second kappa shape index (κ2) is 10.5. The van der Waals surface area contributed by atoms with E-state index < -0.39 is 16.0 Å². The molecule has 1 aliphatic rings. The molecule has 2 aromatic carbocycles. The molecule has 1 aliphatic heterocycles. The summed E-state index contributed by atoms with van der Waals surface area (Å²) < 4.78 is 40.1. The van der Waals surface area contributed by atoms with Crippen molar-refractivity contribution in [1.82, 2.24) is 13.9 Å². The molecule has 3 aromatic rings. The van der Waals surface area contributed by atoms with Gasteiger partial charge in [0.25, 0.3) is 0 Å².